The monoisotopic (exact) mass is 588 g/mol. The molecule has 7 nitrogen and oxygen atoms in total. The third-order valence-electron chi connectivity index (χ3n) is 7.28. The maximum atomic E-state index is 14.0. The van der Waals surface area contributed by atoms with Gasteiger partial charge in [-0.05, 0) is 54.5 Å². The van der Waals surface area contributed by atoms with Crippen LogP contribution in [0.25, 0.3) is 0 Å². The second-order valence-electron chi connectivity index (χ2n) is 10.1. The Morgan fingerprint density at radius 3 is 2.49 bits per heavy atom. The molecule has 0 saturated heterocycles. The molecule has 1 aliphatic carbocycles. The van der Waals surface area contributed by atoms with E-state index in [-0.39, 0.29) is 17.7 Å². The van der Waals surface area contributed by atoms with E-state index in [2.05, 4.69) is 10.1 Å². The van der Waals surface area contributed by atoms with E-state index in [4.69, 9.17) is 21.1 Å². The molecule has 2 aliphatic rings. The molecule has 3 aromatic rings. The molecule has 1 saturated carbocycles. The van der Waals surface area contributed by atoms with Crippen molar-refractivity contribution < 1.29 is 37.0 Å². The Morgan fingerprint density at radius 2 is 1.80 bits per heavy atom. The average molecular weight is 589 g/mol. The summed E-state index contributed by atoms with van der Waals surface area (Å²) in [5.41, 5.74) is 2.25. The van der Waals surface area contributed by atoms with Gasteiger partial charge in [0.25, 0.3) is 5.91 Å². The molecule has 0 radical (unpaired) electrons. The van der Waals surface area contributed by atoms with Gasteiger partial charge in [0.1, 0.15) is 29.6 Å². The molecule has 0 spiro atoms. The predicted molar refractivity (Wildman–Crippen MR) is 148 cm³/mol. The summed E-state index contributed by atoms with van der Waals surface area (Å²) >= 11 is 6.10. The number of hydrogen-bond acceptors (Lipinski definition) is 6. The van der Waals surface area contributed by atoms with Crippen molar-refractivity contribution in [1.29, 1.82) is 0 Å². The SMILES string of the molecule is COc1cc(NC(C(=O)N2CCc3ccc(OC(F)(F)F)cc32)c2ccc(Cl)cc2)cc(OCC2CC(C=O)C2)c1. The highest BCUT2D eigenvalue weighted by molar-refractivity contribution is 6.30. The molecule has 1 atom stereocenters. The van der Waals surface area contributed by atoms with E-state index in [1.54, 1.807) is 48.5 Å². The van der Waals surface area contributed by atoms with Gasteiger partial charge in [-0.2, -0.15) is 0 Å². The predicted octanol–water partition coefficient (Wildman–Crippen LogP) is 6.59. The number of nitrogens with one attached hydrogen (secondary N) is 1. The summed E-state index contributed by atoms with van der Waals surface area (Å²) in [6.45, 7) is 0.744. The number of carbonyl (C=O) groups is 2. The van der Waals surface area contributed by atoms with Crippen LogP contribution in [0.15, 0.2) is 60.7 Å². The molecule has 1 N–H and O–H groups in total. The molecule has 0 bridgehead atoms. The molecule has 0 aromatic heterocycles. The first kappa shape index (κ1) is 28.6. The van der Waals surface area contributed by atoms with Crippen LogP contribution in [0, 0.1) is 11.8 Å². The van der Waals surface area contributed by atoms with Gasteiger partial charge in [-0.1, -0.05) is 29.8 Å². The minimum atomic E-state index is -4.85. The van der Waals surface area contributed by atoms with E-state index in [0.29, 0.717) is 53.0 Å². The number of alkyl halides is 3. The molecule has 3 aromatic carbocycles. The van der Waals surface area contributed by atoms with Gasteiger partial charge in [0.05, 0.1) is 19.4 Å². The van der Waals surface area contributed by atoms with Gasteiger partial charge in [0.2, 0.25) is 0 Å². The number of halogens is 4. The second kappa shape index (κ2) is 11.9. The molecule has 5 rings (SSSR count). The minimum Gasteiger partial charge on any atom is -0.497 e. The zero-order chi connectivity index (χ0) is 29.1. The Kier molecular flexibility index (Phi) is 8.30. The lowest BCUT2D eigenvalue weighted by Crippen LogP contribution is -2.37. The number of hydrogen-bond donors (Lipinski definition) is 1. The van der Waals surface area contributed by atoms with Gasteiger partial charge in [-0.15, -0.1) is 13.2 Å². The van der Waals surface area contributed by atoms with Crippen LogP contribution in [-0.2, 0) is 16.0 Å². The van der Waals surface area contributed by atoms with E-state index in [1.165, 1.54) is 24.1 Å². The molecule has 41 heavy (non-hydrogen) atoms. The van der Waals surface area contributed by atoms with Gasteiger partial charge in [0, 0.05) is 47.4 Å². The Hall–Kier alpha value is -3.92. The number of amides is 1. The van der Waals surface area contributed by atoms with Crippen molar-refractivity contribution in [3.63, 3.8) is 0 Å². The number of aldehydes is 1. The number of benzene rings is 3. The highest BCUT2D eigenvalue weighted by Crippen LogP contribution is 2.38. The number of methoxy groups -OCH3 is 1. The highest BCUT2D eigenvalue weighted by atomic mass is 35.5. The molecule has 1 amide bonds. The minimum absolute atomic E-state index is 0.0871. The van der Waals surface area contributed by atoms with Crippen LogP contribution < -0.4 is 24.4 Å². The summed E-state index contributed by atoms with van der Waals surface area (Å²) in [7, 11) is 1.52. The summed E-state index contributed by atoms with van der Waals surface area (Å²) in [5, 5.41) is 3.76. The smallest absolute Gasteiger partial charge is 0.497 e. The molecule has 1 unspecified atom stereocenters. The van der Waals surface area contributed by atoms with E-state index in [9.17, 15) is 22.8 Å². The third kappa shape index (κ3) is 6.87. The number of carbonyl (C=O) groups excluding carboxylic acids is 2. The van der Waals surface area contributed by atoms with Gasteiger partial charge in [-0.25, -0.2) is 0 Å². The number of anilines is 2. The van der Waals surface area contributed by atoms with Crippen LogP contribution in [0.4, 0.5) is 24.5 Å². The van der Waals surface area contributed by atoms with Crippen molar-refractivity contribution in [3.8, 4) is 17.2 Å². The normalized spacial score (nSPS) is 18.6. The van der Waals surface area contributed by atoms with Crippen molar-refractivity contribution in [3.05, 3.63) is 76.8 Å². The standard InChI is InChI=1S/C30H28ClF3N2O5/c1-39-25-12-23(13-26(14-25)40-17-19-10-18(11-19)16-37)35-28(21-2-5-22(31)6-3-21)29(38)36-9-8-20-4-7-24(15-27(20)36)41-30(32,33)34/h2-7,12-16,18-19,28,35H,8-11,17H2,1H3. The maximum Gasteiger partial charge on any atom is 0.573 e. The van der Waals surface area contributed by atoms with Gasteiger partial charge in [-0.3, -0.25) is 4.79 Å². The topological polar surface area (TPSA) is 77.1 Å². The fourth-order valence-electron chi connectivity index (χ4n) is 5.16. The summed E-state index contributed by atoms with van der Waals surface area (Å²) in [5.74, 6) is 0.653. The van der Waals surface area contributed by atoms with E-state index in [0.717, 1.165) is 24.7 Å². The molecular weight excluding hydrogens is 561 g/mol. The van der Waals surface area contributed by atoms with Crippen LogP contribution in [0.3, 0.4) is 0 Å². The number of ether oxygens (including phenoxy) is 3. The maximum absolute atomic E-state index is 14.0. The fraction of sp³-hybridized carbons (Fsp3) is 0.333. The van der Waals surface area contributed by atoms with Crippen LogP contribution in [0.5, 0.6) is 17.2 Å². The number of fused-ring (bicyclic) bond motifs is 1. The van der Waals surface area contributed by atoms with Crippen LogP contribution >= 0.6 is 11.6 Å². The van der Waals surface area contributed by atoms with Crippen LogP contribution in [0.2, 0.25) is 5.02 Å². The lowest BCUT2D eigenvalue weighted by atomic mass is 9.76. The number of rotatable bonds is 10. The van der Waals surface area contributed by atoms with Crippen molar-refractivity contribution >= 4 is 35.2 Å². The van der Waals surface area contributed by atoms with Crippen molar-refractivity contribution in [2.24, 2.45) is 11.8 Å². The van der Waals surface area contributed by atoms with Crippen LogP contribution in [0.1, 0.15) is 30.0 Å². The fourth-order valence-corrected chi connectivity index (χ4v) is 5.28. The average Bonchev–Trinajstić information content (AvgIpc) is 3.33. The summed E-state index contributed by atoms with van der Waals surface area (Å²) in [6.07, 6.45) is -1.81. The van der Waals surface area contributed by atoms with E-state index in [1.807, 2.05) is 0 Å². The lowest BCUT2D eigenvalue weighted by molar-refractivity contribution is -0.274. The zero-order valence-corrected chi connectivity index (χ0v) is 22.9. The van der Waals surface area contributed by atoms with Gasteiger partial charge in [0.15, 0.2) is 0 Å². The first-order valence-electron chi connectivity index (χ1n) is 13.1. The Morgan fingerprint density at radius 1 is 1.07 bits per heavy atom. The molecular formula is C30H28ClF3N2O5. The Bertz CT molecular complexity index is 1410. The highest BCUT2D eigenvalue weighted by Gasteiger charge is 2.35. The molecule has 11 heteroatoms. The van der Waals surface area contributed by atoms with Crippen molar-refractivity contribution in [2.75, 3.05) is 30.5 Å². The third-order valence-corrected chi connectivity index (χ3v) is 7.53. The molecule has 1 heterocycles. The first-order chi connectivity index (χ1) is 19.6. The quantitative estimate of drug-likeness (QED) is 0.269. The van der Waals surface area contributed by atoms with Gasteiger partial charge < -0.3 is 29.2 Å². The largest absolute Gasteiger partial charge is 0.573 e. The number of nitrogens with zero attached hydrogens (tertiary/aromatic N) is 1. The molecule has 1 aliphatic heterocycles. The van der Waals surface area contributed by atoms with Crippen molar-refractivity contribution in [2.45, 2.75) is 31.7 Å². The zero-order valence-electron chi connectivity index (χ0n) is 22.1. The molecule has 1 fully saturated rings. The van der Waals surface area contributed by atoms with Crippen molar-refractivity contribution in [1.82, 2.24) is 0 Å². The first-order valence-corrected chi connectivity index (χ1v) is 13.5. The summed E-state index contributed by atoms with van der Waals surface area (Å²) in [4.78, 5) is 26.4. The Balaban J connectivity index is 1.41. The van der Waals surface area contributed by atoms with E-state index < -0.39 is 18.2 Å². The van der Waals surface area contributed by atoms with Crippen LogP contribution in [-0.4, -0.2) is 38.8 Å². The van der Waals surface area contributed by atoms with Gasteiger partial charge >= 0.3 is 6.36 Å². The Labute approximate surface area is 240 Å². The molecule has 216 valence electrons. The lowest BCUT2D eigenvalue weighted by Gasteiger charge is -2.31. The summed E-state index contributed by atoms with van der Waals surface area (Å²) in [6, 6.07) is 15.1. The van der Waals surface area contributed by atoms with E-state index >= 15 is 0 Å². The summed E-state index contributed by atoms with van der Waals surface area (Å²) < 4.78 is 54.1. The second-order valence-corrected chi connectivity index (χ2v) is 10.6.